The maximum atomic E-state index is 13.0. The lowest BCUT2D eigenvalue weighted by molar-refractivity contribution is 0.00588. The highest BCUT2D eigenvalue weighted by atomic mass is 35.5. The van der Waals surface area contributed by atoms with Crippen LogP contribution < -0.4 is 9.47 Å². The summed E-state index contributed by atoms with van der Waals surface area (Å²) in [4.78, 5) is 13.0. The van der Waals surface area contributed by atoms with Gasteiger partial charge in [-0.05, 0) is 55.8 Å². The van der Waals surface area contributed by atoms with Crippen LogP contribution >= 0.6 is 11.6 Å². The first-order valence-corrected chi connectivity index (χ1v) is 11.8. The van der Waals surface area contributed by atoms with E-state index in [1.165, 1.54) is 4.31 Å². The van der Waals surface area contributed by atoms with Gasteiger partial charge in [0.1, 0.15) is 17.1 Å². The van der Waals surface area contributed by atoms with Crippen molar-refractivity contribution in [1.82, 2.24) is 4.31 Å². The number of piperidine rings is 1. The lowest BCUT2D eigenvalue weighted by Gasteiger charge is -2.43. The second kappa shape index (κ2) is 7.87. The Bertz CT molecular complexity index is 1070. The number of Topliss-reactive ketones (excluding diaryl/α,β-unsaturated/α-hetero) is 1. The van der Waals surface area contributed by atoms with Gasteiger partial charge in [0.05, 0.1) is 23.5 Å². The third kappa shape index (κ3) is 3.82. The SMILES string of the molecule is CCOc1ccc(S(=O)(=O)N2CCC3(CC2)CC(=O)c2cc(Cl)c(C)cc2O3)cc1. The molecular formula is C22H24ClNO5S. The highest BCUT2D eigenvalue weighted by Gasteiger charge is 2.45. The zero-order chi connectivity index (χ0) is 21.5. The molecule has 0 saturated carbocycles. The second-order valence-corrected chi connectivity index (χ2v) is 10.1. The van der Waals surface area contributed by atoms with E-state index >= 15 is 0 Å². The maximum Gasteiger partial charge on any atom is 0.243 e. The first-order valence-electron chi connectivity index (χ1n) is 9.99. The van der Waals surface area contributed by atoms with Gasteiger partial charge < -0.3 is 9.47 Å². The fraction of sp³-hybridized carbons (Fsp3) is 0.409. The number of hydrogen-bond acceptors (Lipinski definition) is 5. The van der Waals surface area contributed by atoms with Crippen LogP contribution in [0.1, 0.15) is 42.1 Å². The summed E-state index contributed by atoms with van der Waals surface area (Å²) in [5.74, 6) is 1.16. The molecule has 160 valence electrons. The number of nitrogens with zero attached hydrogens (tertiary/aromatic N) is 1. The molecule has 2 aromatic carbocycles. The van der Waals surface area contributed by atoms with Gasteiger partial charge in [-0.3, -0.25) is 4.79 Å². The number of sulfonamides is 1. The van der Waals surface area contributed by atoms with Crippen molar-refractivity contribution in [2.45, 2.75) is 43.6 Å². The van der Waals surface area contributed by atoms with Gasteiger partial charge in [0, 0.05) is 31.0 Å². The Hall–Kier alpha value is -2.09. The van der Waals surface area contributed by atoms with Crippen molar-refractivity contribution in [3.63, 3.8) is 0 Å². The van der Waals surface area contributed by atoms with Crippen LogP contribution in [0.4, 0.5) is 0 Å². The minimum atomic E-state index is -3.62. The van der Waals surface area contributed by atoms with Crippen LogP contribution in [-0.4, -0.2) is 43.8 Å². The Kier molecular flexibility index (Phi) is 5.55. The van der Waals surface area contributed by atoms with Crippen molar-refractivity contribution in [3.8, 4) is 11.5 Å². The van der Waals surface area contributed by atoms with E-state index in [0.29, 0.717) is 54.6 Å². The van der Waals surface area contributed by atoms with Crippen molar-refractivity contribution in [2.75, 3.05) is 19.7 Å². The molecule has 2 aromatic rings. The number of hydrogen-bond donors (Lipinski definition) is 0. The lowest BCUT2D eigenvalue weighted by Crippen LogP contribution is -2.52. The third-order valence-electron chi connectivity index (χ3n) is 5.78. The minimum Gasteiger partial charge on any atom is -0.494 e. The van der Waals surface area contributed by atoms with Gasteiger partial charge in [-0.1, -0.05) is 11.6 Å². The fourth-order valence-electron chi connectivity index (χ4n) is 4.05. The van der Waals surface area contributed by atoms with E-state index in [4.69, 9.17) is 21.1 Å². The van der Waals surface area contributed by atoms with Crippen molar-refractivity contribution in [2.24, 2.45) is 0 Å². The Morgan fingerprint density at radius 3 is 2.47 bits per heavy atom. The van der Waals surface area contributed by atoms with E-state index in [1.807, 2.05) is 13.8 Å². The van der Waals surface area contributed by atoms with Crippen molar-refractivity contribution >= 4 is 27.4 Å². The van der Waals surface area contributed by atoms with Crippen LogP contribution in [0.15, 0.2) is 41.3 Å². The molecule has 0 aliphatic carbocycles. The van der Waals surface area contributed by atoms with E-state index in [1.54, 1.807) is 36.4 Å². The van der Waals surface area contributed by atoms with Gasteiger partial charge in [-0.2, -0.15) is 4.31 Å². The fourth-order valence-corrected chi connectivity index (χ4v) is 5.66. The second-order valence-electron chi connectivity index (χ2n) is 7.79. The number of fused-ring (bicyclic) bond motifs is 1. The predicted molar refractivity (Wildman–Crippen MR) is 114 cm³/mol. The predicted octanol–water partition coefficient (Wildman–Crippen LogP) is 4.24. The highest BCUT2D eigenvalue weighted by Crippen LogP contribution is 2.41. The molecule has 8 heteroatoms. The molecule has 6 nitrogen and oxygen atoms in total. The first-order chi connectivity index (χ1) is 14.2. The van der Waals surface area contributed by atoms with Crippen molar-refractivity contribution in [3.05, 3.63) is 52.5 Å². The van der Waals surface area contributed by atoms with Gasteiger partial charge in [-0.25, -0.2) is 8.42 Å². The number of carbonyl (C=O) groups is 1. The number of aryl methyl sites for hydroxylation is 1. The molecule has 0 radical (unpaired) electrons. The molecule has 2 aliphatic rings. The molecule has 2 heterocycles. The maximum absolute atomic E-state index is 13.0. The van der Waals surface area contributed by atoms with Gasteiger partial charge >= 0.3 is 0 Å². The highest BCUT2D eigenvalue weighted by molar-refractivity contribution is 7.89. The number of ketones is 1. The van der Waals surface area contributed by atoms with Crippen LogP contribution in [0, 0.1) is 6.92 Å². The van der Waals surface area contributed by atoms with E-state index in [-0.39, 0.29) is 17.1 Å². The normalized spacial score (nSPS) is 18.7. The van der Waals surface area contributed by atoms with Gasteiger partial charge in [0.25, 0.3) is 0 Å². The Morgan fingerprint density at radius 1 is 1.17 bits per heavy atom. The third-order valence-corrected chi connectivity index (χ3v) is 8.10. The molecular weight excluding hydrogens is 426 g/mol. The largest absolute Gasteiger partial charge is 0.494 e. The summed E-state index contributed by atoms with van der Waals surface area (Å²) in [5, 5.41) is 0.540. The number of benzene rings is 2. The smallest absolute Gasteiger partial charge is 0.243 e. The van der Waals surface area contributed by atoms with E-state index in [9.17, 15) is 13.2 Å². The molecule has 4 rings (SSSR count). The van der Waals surface area contributed by atoms with E-state index in [0.717, 1.165) is 5.56 Å². The van der Waals surface area contributed by atoms with E-state index < -0.39 is 15.6 Å². The molecule has 1 spiro atoms. The molecule has 2 aliphatic heterocycles. The zero-order valence-electron chi connectivity index (χ0n) is 17.0. The standard InChI is InChI=1S/C22H24ClNO5S/c1-3-28-16-4-6-17(7-5-16)30(26,27)24-10-8-22(9-11-24)14-20(25)18-13-19(23)15(2)12-21(18)29-22/h4-7,12-13H,3,8-11,14H2,1-2H3. The molecule has 0 aromatic heterocycles. The number of rotatable bonds is 4. The zero-order valence-corrected chi connectivity index (χ0v) is 18.6. The van der Waals surface area contributed by atoms with Crippen LogP contribution in [0.25, 0.3) is 0 Å². The van der Waals surface area contributed by atoms with Crippen LogP contribution in [0.5, 0.6) is 11.5 Å². The number of ether oxygens (including phenoxy) is 2. The topological polar surface area (TPSA) is 72.9 Å². The summed E-state index contributed by atoms with van der Waals surface area (Å²) in [6, 6.07) is 9.90. The summed E-state index contributed by atoms with van der Waals surface area (Å²) < 4.78 is 39.2. The average Bonchev–Trinajstić information content (AvgIpc) is 2.71. The summed E-state index contributed by atoms with van der Waals surface area (Å²) >= 11 is 6.15. The minimum absolute atomic E-state index is 0.0130. The molecule has 0 amide bonds. The quantitative estimate of drug-likeness (QED) is 0.698. The monoisotopic (exact) mass is 449 g/mol. The van der Waals surface area contributed by atoms with Crippen LogP contribution in [0.3, 0.4) is 0 Å². The van der Waals surface area contributed by atoms with Crippen LogP contribution in [-0.2, 0) is 10.0 Å². The first kappa shape index (κ1) is 21.2. The molecule has 0 unspecified atom stereocenters. The Morgan fingerprint density at radius 2 is 1.83 bits per heavy atom. The molecule has 1 saturated heterocycles. The van der Waals surface area contributed by atoms with Crippen molar-refractivity contribution < 1.29 is 22.7 Å². The molecule has 0 N–H and O–H groups in total. The summed E-state index contributed by atoms with van der Waals surface area (Å²) in [6.45, 7) is 4.85. The summed E-state index contributed by atoms with van der Waals surface area (Å²) in [5.41, 5.74) is 0.672. The van der Waals surface area contributed by atoms with Crippen LogP contribution in [0.2, 0.25) is 5.02 Å². The van der Waals surface area contributed by atoms with Gasteiger partial charge in [0.2, 0.25) is 10.0 Å². The average molecular weight is 450 g/mol. The van der Waals surface area contributed by atoms with E-state index in [2.05, 4.69) is 0 Å². The summed E-state index contributed by atoms with van der Waals surface area (Å²) in [7, 11) is -3.62. The molecule has 0 atom stereocenters. The number of carbonyl (C=O) groups excluding carboxylic acids is 1. The molecule has 30 heavy (non-hydrogen) atoms. The van der Waals surface area contributed by atoms with Crippen molar-refractivity contribution in [1.29, 1.82) is 0 Å². The Balaban J connectivity index is 1.50. The lowest BCUT2D eigenvalue weighted by atomic mass is 9.83. The number of halogens is 1. The van der Waals surface area contributed by atoms with Gasteiger partial charge in [0.15, 0.2) is 5.78 Å². The molecule has 1 fully saturated rings. The molecule has 0 bridgehead atoms. The summed E-state index contributed by atoms with van der Waals surface area (Å²) in [6.07, 6.45) is 1.14. The Labute approximate surface area is 181 Å². The van der Waals surface area contributed by atoms with Gasteiger partial charge in [-0.15, -0.1) is 0 Å².